The molecule has 2 bridgehead atoms. The molecule has 0 unspecified atom stereocenters. The van der Waals surface area contributed by atoms with E-state index in [1.165, 1.54) is 25.7 Å². The van der Waals surface area contributed by atoms with Gasteiger partial charge in [0.15, 0.2) is 5.69 Å². The number of rotatable bonds is 3. The maximum absolute atomic E-state index is 12.2. The summed E-state index contributed by atoms with van der Waals surface area (Å²) >= 11 is 3.38. The van der Waals surface area contributed by atoms with E-state index in [1.807, 2.05) is 7.05 Å². The Bertz CT molecular complexity index is 499. The van der Waals surface area contributed by atoms with Crippen molar-refractivity contribution in [1.82, 2.24) is 15.1 Å². The van der Waals surface area contributed by atoms with Gasteiger partial charge >= 0.3 is 0 Å². The number of carbonyl (C=O) groups is 1. The van der Waals surface area contributed by atoms with Gasteiger partial charge in [0.05, 0.1) is 4.47 Å². The number of fused-ring (bicyclic) bond motifs is 2. The third kappa shape index (κ3) is 2.45. The molecule has 1 aromatic rings. The molecule has 19 heavy (non-hydrogen) atoms. The highest BCUT2D eigenvalue weighted by molar-refractivity contribution is 9.10. The monoisotopic (exact) mass is 325 g/mol. The van der Waals surface area contributed by atoms with E-state index in [2.05, 4.69) is 33.3 Å². The van der Waals surface area contributed by atoms with Gasteiger partial charge in [0.25, 0.3) is 5.91 Å². The number of aryl methyl sites for hydroxylation is 1. The molecule has 1 amide bonds. The second kappa shape index (κ2) is 4.93. The topological polar surface area (TPSA) is 46.9 Å². The fourth-order valence-corrected chi connectivity index (χ4v) is 4.46. The van der Waals surface area contributed by atoms with Crippen LogP contribution in [0, 0.1) is 17.8 Å². The van der Waals surface area contributed by atoms with Gasteiger partial charge in [-0.25, -0.2) is 0 Å². The minimum atomic E-state index is -0.0669. The third-order valence-corrected chi connectivity index (χ3v) is 5.37. The second-order valence-corrected chi connectivity index (χ2v) is 6.95. The number of nitrogens with one attached hydrogen (secondary N) is 1. The Labute approximate surface area is 122 Å². The van der Waals surface area contributed by atoms with Crippen molar-refractivity contribution in [3.05, 3.63) is 16.4 Å². The minimum Gasteiger partial charge on any atom is -0.348 e. The number of hydrogen-bond donors (Lipinski definition) is 1. The van der Waals surface area contributed by atoms with Crippen molar-refractivity contribution in [2.75, 3.05) is 0 Å². The van der Waals surface area contributed by atoms with Crippen LogP contribution >= 0.6 is 15.9 Å². The molecule has 1 heterocycles. The summed E-state index contributed by atoms with van der Waals surface area (Å²) in [6, 6.07) is 0.247. The fourth-order valence-electron chi connectivity index (χ4n) is 3.90. The van der Waals surface area contributed by atoms with Crippen molar-refractivity contribution in [2.24, 2.45) is 24.8 Å². The van der Waals surface area contributed by atoms with E-state index in [0.717, 1.165) is 16.3 Å². The van der Waals surface area contributed by atoms with E-state index in [1.54, 1.807) is 10.9 Å². The average molecular weight is 326 g/mol. The Balaban J connectivity index is 1.65. The number of amides is 1. The van der Waals surface area contributed by atoms with Crippen LogP contribution in [-0.2, 0) is 7.05 Å². The maximum Gasteiger partial charge on any atom is 0.273 e. The van der Waals surface area contributed by atoms with E-state index >= 15 is 0 Å². The van der Waals surface area contributed by atoms with Crippen molar-refractivity contribution in [2.45, 2.75) is 38.6 Å². The number of halogens is 1. The molecule has 2 saturated carbocycles. The van der Waals surface area contributed by atoms with Gasteiger partial charge in [0, 0.05) is 19.3 Å². The lowest BCUT2D eigenvalue weighted by atomic mass is 9.84. The van der Waals surface area contributed by atoms with Gasteiger partial charge < -0.3 is 5.32 Å². The van der Waals surface area contributed by atoms with Crippen molar-refractivity contribution in [1.29, 1.82) is 0 Å². The summed E-state index contributed by atoms with van der Waals surface area (Å²) in [6.07, 6.45) is 7.21. The number of nitrogens with zero attached hydrogens (tertiary/aromatic N) is 2. The Kier molecular flexibility index (Phi) is 3.41. The molecule has 0 aliphatic heterocycles. The predicted molar refractivity (Wildman–Crippen MR) is 76.8 cm³/mol. The molecule has 0 aromatic carbocycles. The molecular formula is C14H20BrN3O. The van der Waals surface area contributed by atoms with Gasteiger partial charge in [-0.15, -0.1) is 0 Å². The van der Waals surface area contributed by atoms with Crippen molar-refractivity contribution >= 4 is 21.8 Å². The van der Waals surface area contributed by atoms with E-state index in [-0.39, 0.29) is 11.9 Å². The first kappa shape index (κ1) is 13.2. The van der Waals surface area contributed by atoms with Crippen LogP contribution in [0.5, 0.6) is 0 Å². The van der Waals surface area contributed by atoms with Crippen molar-refractivity contribution in [3.8, 4) is 0 Å². The molecule has 2 aliphatic rings. The highest BCUT2D eigenvalue weighted by atomic mass is 79.9. The molecule has 0 radical (unpaired) electrons. The zero-order valence-electron chi connectivity index (χ0n) is 11.4. The number of aromatic nitrogens is 2. The number of carbonyl (C=O) groups excluding carboxylic acids is 1. The van der Waals surface area contributed by atoms with Crippen LogP contribution in [0.2, 0.25) is 0 Å². The van der Waals surface area contributed by atoms with Gasteiger partial charge in [0.2, 0.25) is 0 Å². The Morgan fingerprint density at radius 1 is 1.53 bits per heavy atom. The molecule has 1 N–H and O–H groups in total. The molecule has 104 valence electrons. The van der Waals surface area contributed by atoms with Gasteiger partial charge in [-0.2, -0.15) is 5.10 Å². The maximum atomic E-state index is 12.2. The van der Waals surface area contributed by atoms with Crippen LogP contribution in [-0.4, -0.2) is 21.7 Å². The average Bonchev–Trinajstić information content (AvgIpc) is 3.03. The highest BCUT2D eigenvalue weighted by Gasteiger charge is 2.42. The first-order valence-electron chi connectivity index (χ1n) is 7.04. The fraction of sp³-hybridized carbons (Fsp3) is 0.714. The Morgan fingerprint density at radius 3 is 2.84 bits per heavy atom. The van der Waals surface area contributed by atoms with Gasteiger partial charge in [-0.3, -0.25) is 9.48 Å². The summed E-state index contributed by atoms with van der Waals surface area (Å²) in [6.45, 7) is 2.14. The molecule has 4 atom stereocenters. The molecule has 5 heteroatoms. The van der Waals surface area contributed by atoms with E-state index in [9.17, 15) is 4.79 Å². The second-order valence-electron chi connectivity index (χ2n) is 6.10. The standard InChI is InChI=1S/C14H20BrN3O/c1-8(11-6-9-3-4-10(11)5-9)16-14(19)13-12(15)7-18(2)17-13/h7-11H,3-6H2,1-2H3,(H,16,19)/t8-,9+,10+,11-/m0/s1. The summed E-state index contributed by atoms with van der Waals surface area (Å²) in [7, 11) is 1.82. The van der Waals surface area contributed by atoms with Crippen molar-refractivity contribution < 1.29 is 4.79 Å². The van der Waals surface area contributed by atoms with E-state index < -0.39 is 0 Å². The van der Waals surface area contributed by atoms with Gasteiger partial charge in [0.1, 0.15) is 0 Å². The molecule has 2 fully saturated rings. The summed E-state index contributed by atoms with van der Waals surface area (Å²) in [5.41, 5.74) is 0.484. The summed E-state index contributed by atoms with van der Waals surface area (Å²) in [5.74, 6) is 2.33. The third-order valence-electron chi connectivity index (χ3n) is 4.79. The Morgan fingerprint density at radius 2 is 2.32 bits per heavy atom. The predicted octanol–water partition coefficient (Wildman–Crippen LogP) is 2.74. The minimum absolute atomic E-state index is 0.0669. The normalized spacial score (nSPS) is 30.6. The van der Waals surface area contributed by atoms with Crippen LogP contribution < -0.4 is 5.32 Å². The smallest absolute Gasteiger partial charge is 0.273 e. The zero-order chi connectivity index (χ0) is 13.6. The lowest BCUT2D eigenvalue weighted by Gasteiger charge is -2.28. The van der Waals surface area contributed by atoms with Gasteiger partial charge in [-0.1, -0.05) is 6.42 Å². The molecule has 2 aliphatic carbocycles. The lowest BCUT2D eigenvalue weighted by molar-refractivity contribution is 0.0908. The van der Waals surface area contributed by atoms with Crippen LogP contribution in [0.1, 0.15) is 43.1 Å². The van der Waals surface area contributed by atoms with E-state index in [0.29, 0.717) is 11.6 Å². The summed E-state index contributed by atoms with van der Waals surface area (Å²) < 4.78 is 2.41. The number of hydrogen-bond acceptors (Lipinski definition) is 2. The highest BCUT2D eigenvalue weighted by Crippen LogP contribution is 2.49. The first-order chi connectivity index (χ1) is 9.04. The Hall–Kier alpha value is -0.840. The first-order valence-corrected chi connectivity index (χ1v) is 7.84. The van der Waals surface area contributed by atoms with Crippen LogP contribution in [0.3, 0.4) is 0 Å². The molecule has 0 spiro atoms. The van der Waals surface area contributed by atoms with Crippen LogP contribution in [0.25, 0.3) is 0 Å². The van der Waals surface area contributed by atoms with Crippen LogP contribution in [0.15, 0.2) is 10.7 Å². The molecule has 4 nitrogen and oxygen atoms in total. The zero-order valence-corrected chi connectivity index (χ0v) is 13.0. The van der Waals surface area contributed by atoms with Crippen LogP contribution in [0.4, 0.5) is 0 Å². The van der Waals surface area contributed by atoms with E-state index in [4.69, 9.17) is 0 Å². The largest absolute Gasteiger partial charge is 0.348 e. The molecule has 1 aromatic heterocycles. The molecule has 3 rings (SSSR count). The molecule has 0 saturated heterocycles. The summed E-state index contributed by atoms with van der Waals surface area (Å²) in [5, 5.41) is 7.33. The lowest BCUT2D eigenvalue weighted by Crippen LogP contribution is -2.40. The summed E-state index contributed by atoms with van der Waals surface area (Å²) in [4.78, 5) is 12.2. The van der Waals surface area contributed by atoms with Gasteiger partial charge in [-0.05, 0) is 59.9 Å². The SMILES string of the molecule is C[C@H](NC(=O)c1nn(C)cc1Br)[C@@H]1C[C@@H]2CC[C@@H]1C2. The molecular weight excluding hydrogens is 306 g/mol. The van der Waals surface area contributed by atoms with Crippen molar-refractivity contribution in [3.63, 3.8) is 0 Å². The quantitative estimate of drug-likeness (QED) is 0.928.